The molecule has 0 saturated heterocycles. The summed E-state index contributed by atoms with van der Waals surface area (Å²) < 4.78 is 15.8. The Bertz CT molecular complexity index is 679. The monoisotopic (exact) mass is 425 g/mol. The summed E-state index contributed by atoms with van der Waals surface area (Å²) in [5, 5.41) is 19.4. The van der Waals surface area contributed by atoms with Crippen molar-refractivity contribution in [3.05, 3.63) is 23.8 Å². The summed E-state index contributed by atoms with van der Waals surface area (Å²) in [4.78, 5) is 22.1. The number of aliphatic hydroxyl groups excluding tert-OH is 1. The van der Waals surface area contributed by atoms with E-state index in [1.807, 2.05) is 6.07 Å². The first kappa shape index (κ1) is 25.9. The molecule has 8 heteroatoms. The van der Waals surface area contributed by atoms with Crippen molar-refractivity contribution in [3.8, 4) is 11.5 Å². The molecule has 0 bridgehead atoms. The van der Waals surface area contributed by atoms with Crippen molar-refractivity contribution in [2.75, 3.05) is 14.2 Å². The number of carboxylic acid groups (broad SMARTS) is 1. The van der Waals surface area contributed by atoms with E-state index in [2.05, 4.69) is 13.8 Å². The summed E-state index contributed by atoms with van der Waals surface area (Å²) in [6.07, 6.45) is -0.0290. The number of methoxy groups -OCH3 is 2. The van der Waals surface area contributed by atoms with Crippen LogP contribution in [-0.4, -0.2) is 55.1 Å². The van der Waals surface area contributed by atoms with Crippen molar-refractivity contribution in [3.63, 3.8) is 0 Å². The number of aldehydes is 1. The highest BCUT2D eigenvalue weighted by Gasteiger charge is 2.26. The standard InChI is InChI=1S/C22H35NO7/c1-13(2)16(11-17(23)18(25)8-14(3)22(26)27)9-15-6-7-19(28-4)20(10-15)30-21(12-24)29-5/h6-7,10,12-14,16-18,21,25H,8-9,11,23H2,1-5H3,(H,26,27). The molecule has 0 aromatic heterocycles. The second-order valence-electron chi connectivity index (χ2n) is 7.99. The number of carboxylic acids is 1. The summed E-state index contributed by atoms with van der Waals surface area (Å²) >= 11 is 0. The van der Waals surface area contributed by atoms with Gasteiger partial charge in [-0.05, 0) is 48.8 Å². The van der Waals surface area contributed by atoms with Crippen LogP contribution < -0.4 is 15.2 Å². The Balaban J connectivity index is 2.92. The van der Waals surface area contributed by atoms with Crippen LogP contribution in [0.4, 0.5) is 0 Å². The Labute approximate surface area is 178 Å². The molecule has 5 unspecified atom stereocenters. The van der Waals surface area contributed by atoms with Crippen molar-refractivity contribution in [2.24, 2.45) is 23.5 Å². The molecule has 5 atom stereocenters. The maximum atomic E-state index is 11.0. The Morgan fingerprint density at radius 2 is 1.83 bits per heavy atom. The van der Waals surface area contributed by atoms with Gasteiger partial charge in [-0.25, -0.2) is 0 Å². The van der Waals surface area contributed by atoms with E-state index >= 15 is 0 Å². The van der Waals surface area contributed by atoms with Crippen molar-refractivity contribution in [2.45, 2.75) is 58.5 Å². The predicted molar refractivity (Wildman–Crippen MR) is 113 cm³/mol. The number of nitrogens with two attached hydrogens (primary N) is 1. The third kappa shape index (κ3) is 7.93. The van der Waals surface area contributed by atoms with E-state index in [1.54, 1.807) is 19.1 Å². The van der Waals surface area contributed by atoms with Gasteiger partial charge in [-0.2, -0.15) is 0 Å². The van der Waals surface area contributed by atoms with E-state index in [0.29, 0.717) is 30.6 Å². The number of carbonyl (C=O) groups excluding carboxylic acids is 1. The fourth-order valence-electron chi connectivity index (χ4n) is 3.24. The minimum Gasteiger partial charge on any atom is -0.493 e. The maximum absolute atomic E-state index is 11.0. The van der Waals surface area contributed by atoms with Gasteiger partial charge in [0.1, 0.15) is 0 Å². The van der Waals surface area contributed by atoms with Crippen LogP contribution in [0.15, 0.2) is 18.2 Å². The molecule has 1 rings (SSSR count). The first-order chi connectivity index (χ1) is 14.1. The number of aliphatic hydroxyl groups is 1. The fourth-order valence-corrected chi connectivity index (χ4v) is 3.24. The van der Waals surface area contributed by atoms with Crippen molar-refractivity contribution >= 4 is 12.3 Å². The molecule has 1 aromatic rings. The first-order valence-electron chi connectivity index (χ1n) is 10.1. The van der Waals surface area contributed by atoms with E-state index in [-0.39, 0.29) is 18.3 Å². The van der Waals surface area contributed by atoms with Gasteiger partial charge < -0.3 is 30.2 Å². The van der Waals surface area contributed by atoms with Gasteiger partial charge in [-0.1, -0.05) is 26.8 Å². The SMILES string of the molecule is COc1ccc(CC(CC(N)C(O)CC(C)C(=O)O)C(C)C)cc1OC(C=O)OC. The summed E-state index contributed by atoms with van der Waals surface area (Å²) in [6.45, 7) is 5.72. The molecule has 1 aromatic carbocycles. The highest BCUT2D eigenvalue weighted by Crippen LogP contribution is 2.32. The average Bonchev–Trinajstić information content (AvgIpc) is 2.71. The molecule has 8 nitrogen and oxygen atoms in total. The fraction of sp³-hybridized carbons (Fsp3) is 0.636. The summed E-state index contributed by atoms with van der Waals surface area (Å²) in [5.41, 5.74) is 7.16. The normalized spacial score (nSPS) is 16.4. The van der Waals surface area contributed by atoms with Crippen LogP contribution in [0.5, 0.6) is 11.5 Å². The molecular formula is C22H35NO7. The lowest BCUT2D eigenvalue weighted by Gasteiger charge is -2.28. The molecule has 0 aliphatic rings. The molecule has 170 valence electrons. The van der Waals surface area contributed by atoms with Crippen LogP contribution in [0.25, 0.3) is 0 Å². The molecule has 0 saturated carbocycles. The smallest absolute Gasteiger partial charge is 0.306 e. The van der Waals surface area contributed by atoms with Crippen LogP contribution in [0.3, 0.4) is 0 Å². The summed E-state index contributed by atoms with van der Waals surface area (Å²) in [5.74, 6) is -0.281. The average molecular weight is 426 g/mol. The molecule has 0 aliphatic carbocycles. The number of hydrogen-bond donors (Lipinski definition) is 3. The molecule has 0 aliphatic heterocycles. The molecule has 0 amide bonds. The quantitative estimate of drug-likeness (QED) is 0.306. The molecule has 0 radical (unpaired) electrons. The van der Waals surface area contributed by atoms with Gasteiger partial charge in [0, 0.05) is 13.2 Å². The maximum Gasteiger partial charge on any atom is 0.306 e. The van der Waals surface area contributed by atoms with Crippen molar-refractivity contribution in [1.82, 2.24) is 0 Å². The van der Waals surface area contributed by atoms with Crippen molar-refractivity contribution < 1.29 is 34.0 Å². The van der Waals surface area contributed by atoms with Gasteiger partial charge in [0.2, 0.25) is 0 Å². The number of carbonyl (C=O) groups is 2. The van der Waals surface area contributed by atoms with Crippen LogP contribution in [0.1, 0.15) is 39.2 Å². The zero-order chi connectivity index (χ0) is 22.8. The highest BCUT2D eigenvalue weighted by atomic mass is 16.7. The molecular weight excluding hydrogens is 390 g/mol. The molecule has 0 fully saturated rings. The molecule has 0 heterocycles. The number of rotatable bonds is 14. The predicted octanol–water partition coefficient (Wildman–Crippen LogP) is 2.25. The molecule has 30 heavy (non-hydrogen) atoms. The van der Waals surface area contributed by atoms with Gasteiger partial charge in [0.25, 0.3) is 6.29 Å². The number of benzene rings is 1. The number of hydrogen-bond acceptors (Lipinski definition) is 7. The lowest BCUT2D eigenvalue weighted by Crippen LogP contribution is -2.39. The van der Waals surface area contributed by atoms with Crippen LogP contribution in [0, 0.1) is 17.8 Å². The van der Waals surface area contributed by atoms with Crippen LogP contribution in [0.2, 0.25) is 0 Å². The molecule has 0 spiro atoms. The summed E-state index contributed by atoms with van der Waals surface area (Å²) in [7, 11) is 2.89. The topological polar surface area (TPSA) is 128 Å². The van der Waals surface area contributed by atoms with E-state index in [9.17, 15) is 14.7 Å². The van der Waals surface area contributed by atoms with Gasteiger partial charge in [0.05, 0.1) is 19.1 Å². The minimum absolute atomic E-state index is 0.117. The first-order valence-corrected chi connectivity index (χ1v) is 10.1. The van der Waals surface area contributed by atoms with E-state index in [0.717, 1.165) is 5.56 Å². The van der Waals surface area contributed by atoms with Gasteiger partial charge >= 0.3 is 5.97 Å². The van der Waals surface area contributed by atoms with Crippen molar-refractivity contribution in [1.29, 1.82) is 0 Å². The Hall–Kier alpha value is -2.16. The van der Waals surface area contributed by atoms with Gasteiger partial charge in [0.15, 0.2) is 17.8 Å². The molecule has 4 N–H and O–H groups in total. The number of aliphatic carboxylic acids is 1. The lowest BCUT2D eigenvalue weighted by atomic mass is 9.82. The largest absolute Gasteiger partial charge is 0.493 e. The van der Waals surface area contributed by atoms with Crippen LogP contribution >= 0.6 is 0 Å². The Morgan fingerprint density at radius 1 is 1.17 bits per heavy atom. The highest BCUT2D eigenvalue weighted by molar-refractivity contribution is 5.69. The zero-order valence-electron chi connectivity index (χ0n) is 18.4. The Kier molecular flexibility index (Phi) is 10.8. The van der Waals surface area contributed by atoms with E-state index in [4.69, 9.17) is 25.1 Å². The minimum atomic E-state index is -1.03. The third-order valence-corrected chi connectivity index (χ3v) is 5.34. The van der Waals surface area contributed by atoms with Gasteiger partial charge in [-0.15, -0.1) is 0 Å². The van der Waals surface area contributed by atoms with E-state index in [1.165, 1.54) is 14.2 Å². The van der Waals surface area contributed by atoms with Crippen LogP contribution in [-0.2, 0) is 20.7 Å². The van der Waals surface area contributed by atoms with E-state index < -0.39 is 30.3 Å². The van der Waals surface area contributed by atoms with Gasteiger partial charge in [-0.3, -0.25) is 9.59 Å². The summed E-state index contributed by atoms with van der Waals surface area (Å²) in [6, 6.07) is 4.96. The number of ether oxygens (including phenoxy) is 3. The lowest BCUT2D eigenvalue weighted by molar-refractivity contribution is -0.142. The second-order valence-corrected chi connectivity index (χ2v) is 7.99. The third-order valence-electron chi connectivity index (χ3n) is 5.34. The zero-order valence-corrected chi connectivity index (χ0v) is 18.4. The Morgan fingerprint density at radius 3 is 2.33 bits per heavy atom. The second kappa shape index (κ2) is 12.5.